The number of hydrogen-bond donors (Lipinski definition) is 0. The first-order chi connectivity index (χ1) is 11.0. The Morgan fingerprint density at radius 3 is 2.48 bits per heavy atom. The molecule has 6 heteroatoms. The van der Waals surface area contributed by atoms with Crippen LogP contribution in [0.2, 0.25) is 0 Å². The minimum atomic E-state index is 0.0861. The van der Waals surface area contributed by atoms with E-state index in [1.54, 1.807) is 0 Å². The molecule has 0 bridgehead atoms. The lowest BCUT2D eigenvalue weighted by atomic mass is 10.1. The van der Waals surface area contributed by atoms with Crippen molar-refractivity contribution >= 4 is 5.78 Å². The molecule has 1 aromatic rings. The summed E-state index contributed by atoms with van der Waals surface area (Å²) in [6, 6.07) is 0. The fourth-order valence-electron chi connectivity index (χ4n) is 1.94. The van der Waals surface area contributed by atoms with E-state index in [1.807, 2.05) is 24.7 Å². The van der Waals surface area contributed by atoms with Crippen molar-refractivity contribution in [3.05, 3.63) is 11.9 Å². The fraction of sp³-hybridized carbons (Fsp3) is 0.824. The molecule has 132 valence electrons. The molecule has 0 fully saturated rings. The number of nitrogens with zero attached hydrogens (tertiary/aromatic N) is 3. The quantitative estimate of drug-likeness (QED) is 0.521. The molecule has 0 atom stereocenters. The molecule has 0 radical (unpaired) electrons. The van der Waals surface area contributed by atoms with Crippen molar-refractivity contribution in [2.45, 2.75) is 53.5 Å². The van der Waals surface area contributed by atoms with E-state index in [0.717, 1.165) is 18.5 Å². The second-order valence-corrected chi connectivity index (χ2v) is 6.50. The molecular formula is C17H31N3O3. The van der Waals surface area contributed by atoms with Gasteiger partial charge in [0.05, 0.1) is 38.7 Å². The number of hydrogen-bond acceptors (Lipinski definition) is 5. The first kappa shape index (κ1) is 19.8. The van der Waals surface area contributed by atoms with Gasteiger partial charge in [0.15, 0.2) is 0 Å². The third-order valence-electron chi connectivity index (χ3n) is 3.54. The van der Waals surface area contributed by atoms with Gasteiger partial charge in [0.2, 0.25) is 0 Å². The van der Waals surface area contributed by atoms with Crippen LogP contribution in [-0.4, -0.2) is 47.2 Å². The highest BCUT2D eigenvalue weighted by molar-refractivity contribution is 5.80. The molecule has 6 nitrogen and oxygen atoms in total. The highest BCUT2D eigenvalue weighted by Gasteiger charge is 2.06. The Morgan fingerprint density at radius 2 is 1.83 bits per heavy atom. The van der Waals surface area contributed by atoms with Gasteiger partial charge in [0.25, 0.3) is 0 Å². The number of ether oxygens (including phenoxy) is 2. The van der Waals surface area contributed by atoms with Gasteiger partial charge in [-0.25, -0.2) is 4.68 Å². The van der Waals surface area contributed by atoms with Gasteiger partial charge in [-0.2, -0.15) is 0 Å². The maximum absolute atomic E-state index is 11.4. The van der Waals surface area contributed by atoms with E-state index in [2.05, 4.69) is 24.2 Å². The third-order valence-corrected chi connectivity index (χ3v) is 3.54. The lowest BCUT2D eigenvalue weighted by Gasteiger charge is -2.06. The SMILES string of the molecule is CC(C)CCc1cn(CCOCCOCCC(=O)C(C)C)nn1. The Kier molecular flexibility index (Phi) is 9.71. The molecule has 1 aromatic heterocycles. The Labute approximate surface area is 139 Å². The summed E-state index contributed by atoms with van der Waals surface area (Å²) in [5.74, 6) is 1.01. The largest absolute Gasteiger partial charge is 0.379 e. The second kappa shape index (κ2) is 11.3. The molecule has 23 heavy (non-hydrogen) atoms. The van der Waals surface area contributed by atoms with Crippen LogP contribution < -0.4 is 0 Å². The number of carbonyl (C=O) groups excluding carboxylic acids is 1. The molecule has 0 N–H and O–H groups in total. The van der Waals surface area contributed by atoms with Gasteiger partial charge in [-0.1, -0.05) is 32.9 Å². The summed E-state index contributed by atoms with van der Waals surface area (Å²) in [6.07, 6.45) is 4.57. The van der Waals surface area contributed by atoms with Crippen molar-refractivity contribution in [3.63, 3.8) is 0 Å². The van der Waals surface area contributed by atoms with Gasteiger partial charge < -0.3 is 9.47 Å². The highest BCUT2D eigenvalue weighted by Crippen LogP contribution is 2.05. The zero-order valence-electron chi connectivity index (χ0n) is 15.0. The molecular weight excluding hydrogens is 294 g/mol. The van der Waals surface area contributed by atoms with Crippen LogP contribution in [0.4, 0.5) is 0 Å². The summed E-state index contributed by atoms with van der Waals surface area (Å²) >= 11 is 0. The number of Topliss-reactive ketones (excluding diaryl/α,β-unsaturated/α-hetero) is 1. The molecule has 0 unspecified atom stereocenters. The molecule has 0 aromatic carbocycles. The average molecular weight is 325 g/mol. The maximum atomic E-state index is 11.4. The van der Waals surface area contributed by atoms with Crippen LogP contribution in [0.1, 0.15) is 46.2 Å². The molecule has 0 amide bonds. The highest BCUT2D eigenvalue weighted by atomic mass is 16.5. The van der Waals surface area contributed by atoms with E-state index in [1.165, 1.54) is 0 Å². The minimum absolute atomic E-state index is 0.0861. The number of rotatable bonds is 13. The Bertz CT molecular complexity index is 444. The smallest absolute Gasteiger partial charge is 0.137 e. The van der Waals surface area contributed by atoms with Gasteiger partial charge in [0.1, 0.15) is 5.78 Å². The molecule has 0 saturated heterocycles. The van der Waals surface area contributed by atoms with Gasteiger partial charge >= 0.3 is 0 Å². The number of ketones is 1. The molecule has 0 spiro atoms. The van der Waals surface area contributed by atoms with Crippen molar-refractivity contribution in [2.75, 3.05) is 26.4 Å². The second-order valence-electron chi connectivity index (χ2n) is 6.50. The van der Waals surface area contributed by atoms with E-state index in [0.29, 0.717) is 45.3 Å². The molecule has 0 aliphatic carbocycles. The molecule has 0 saturated carbocycles. The van der Waals surface area contributed by atoms with E-state index in [-0.39, 0.29) is 11.7 Å². The van der Waals surface area contributed by atoms with Crippen molar-refractivity contribution in [3.8, 4) is 0 Å². The summed E-state index contributed by atoms with van der Waals surface area (Å²) in [5, 5.41) is 8.25. The van der Waals surface area contributed by atoms with Crippen molar-refractivity contribution in [1.82, 2.24) is 15.0 Å². The maximum Gasteiger partial charge on any atom is 0.137 e. The Hall–Kier alpha value is -1.27. The van der Waals surface area contributed by atoms with E-state index in [9.17, 15) is 4.79 Å². The summed E-state index contributed by atoms with van der Waals surface area (Å²) in [4.78, 5) is 11.4. The summed E-state index contributed by atoms with van der Waals surface area (Å²) < 4.78 is 12.7. The summed E-state index contributed by atoms with van der Waals surface area (Å²) in [5.41, 5.74) is 1.04. The topological polar surface area (TPSA) is 66.2 Å². The van der Waals surface area contributed by atoms with Crippen molar-refractivity contribution in [1.29, 1.82) is 0 Å². The Morgan fingerprint density at radius 1 is 1.13 bits per heavy atom. The van der Waals surface area contributed by atoms with Gasteiger partial charge in [0, 0.05) is 18.5 Å². The molecule has 1 rings (SSSR count). The van der Waals surface area contributed by atoms with Crippen LogP contribution >= 0.6 is 0 Å². The predicted molar refractivity (Wildman–Crippen MR) is 89.3 cm³/mol. The van der Waals surface area contributed by atoms with E-state index >= 15 is 0 Å². The Balaban J connectivity index is 2.00. The monoisotopic (exact) mass is 325 g/mol. The van der Waals surface area contributed by atoms with Crippen LogP contribution in [0.5, 0.6) is 0 Å². The summed E-state index contributed by atoms with van der Waals surface area (Å²) in [7, 11) is 0. The van der Waals surface area contributed by atoms with E-state index in [4.69, 9.17) is 9.47 Å². The van der Waals surface area contributed by atoms with Crippen LogP contribution in [-0.2, 0) is 27.2 Å². The average Bonchev–Trinajstić information content (AvgIpc) is 2.95. The van der Waals surface area contributed by atoms with Crippen LogP contribution in [0.25, 0.3) is 0 Å². The van der Waals surface area contributed by atoms with Gasteiger partial charge in [-0.05, 0) is 18.8 Å². The van der Waals surface area contributed by atoms with E-state index < -0.39 is 0 Å². The normalized spacial score (nSPS) is 11.6. The fourth-order valence-corrected chi connectivity index (χ4v) is 1.94. The van der Waals surface area contributed by atoms with Gasteiger partial charge in [-0.15, -0.1) is 5.10 Å². The van der Waals surface area contributed by atoms with Crippen LogP contribution in [0.15, 0.2) is 6.20 Å². The third kappa shape index (κ3) is 9.46. The molecule has 1 heterocycles. The molecule has 0 aliphatic heterocycles. The van der Waals surface area contributed by atoms with Crippen molar-refractivity contribution < 1.29 is 14.3 Å². The summed E-state index contributed by atoms with van der Waals surface area (Å²) in [6.45, 7) is 11.0. The predicted octanol–water partition coefficient (Wildman–Crippen LogP) is 2.52. The number of aromatic nitrogens is 3. The lowest BCUT2D eigenvalue weighted by molar-refractivity contribution is -0.123. The lowest BCUT2D eigenvalue weighted by Crippen LogP contribution is -2.13. The van der Waals surface area contributed by atoms with Crippen LogP contribution in [0.3, 0.4) is 0 Å². The zero-order valence-corrected chi connectivity index (χ0v) is 15.0. The minimum Gasteiger partial charge on any atom is -0.379 e. The molecule has 0 aliphatic rings. The first-order valence-electron chi connectivity index (χ1n) is 8.56. The number of aryl methyl sites for hydroxylation is 1. The van der Waals surface area contributed by atoms with Crippen LogP contribution in [0, 0.1) is 11.8 Å². The first-order valence-corrected chi connectivity index (χ1v) is 8.56. The van der Waals surface area contributed by atoms with Gasteiger partial charge in [-0.3, -0.25) is 4.79 Å². The number of carbonyl (C=O) groups is 1. The standard InChI is InChI=1S/C17H31N3O3/c1-14(2)5-6-16-13-20(19-18-16)8-10-23-12-11-22-9-7-17(21)15(3)4/h13-15H,5-12H2,1-4H3. The zero-order chi connectivity index (χ0) is 17.1. The van der Waals surface area contributed by atoms with Crippen molar-refractivity contribution in [2.24, 2.45) is 11.8 Å².